The van der Waals surface area contributed by atoms with Crippen molar-refractivity contribution in [3.63, 3.8) is 0 Å². The zero-order valence-electron chi connectivity index (χ0n) is 18.6. The molecule has 158 valence electrons. The predicted octanol–water partition coefficient (Wildman–Crippen LogP) is 5.11. The van der Waals surface area contributed by atoms with Crippen LogP contribution < -0.4 is 0 Å². The van der Waals surface area contributed by atoms with Gasteiger partial charge in [0.2, 0.25) is 0 Å². The van der Waals surface area contributed by atoms with Crippen LogP contribution in [0.3, 0.4) is 0 Å². The number of aromatic hydroxyl groups is 2. The first-order valence-corrected chi connectivity index (χ1v) is 10.5. The Hall–Kier alpha value is -2.04. The Morgan fingerprint density at radius 3 is 1.72 bits per heavy atom. The van der Waals surface area contributed by atoms with Crippen LogP contribution in [-0.2, 0) is 15.6 Å². The van der Waals surface area contributed by atoms with Crippen molar-refractivity contribution < 1.29 is 14.9 Å². The molecule has 0 amide bonds. The summed E-state index contributed by atoms with van der Waals surface area (Å²) in [4.78, 5) is 2.43. The van der Waals surface area contributed by atoms with Crippen LogP contribution in [-0.4, -0.2) is 41.4 Å². The van der Waals surface area contributed by atoms with Crippen LogP contribution in [0.25, 0.3) is 0 Å². The second-order valence-electron chi connectivity index (χ2n) is 10.1. The lowest BCUT2D eigenvalue weighted by Gasteiger charge is -2.37. The Morgan fingerprint density at radius 1 is 0.793 bits per heavy atom. The van der Waals surface area contributed by atoms with Crippen molar-refractivity contribution >= 4 is 0 Å². The Labute approximate surface area is 175 Å². The largest absolute Gasteiger partial charge is 0.508 e. The van der Waals surface area contributed by atoms with Crippen molar-refractivity contribution in [2.45, 2.75) is 58.4 Å². The van der Waals surface area contributed by atoms with E-state index in [0.717, 1.165) is 29.8 Å². The van der Waals surface area contributed by atoms with Crippen LogP contribution in [0.4, 0.5) is 0 Å². The van der Waals surface area contributed by atoms with E-state index in [-0.39, 0.29) is 22.6 Å². The number of hydrogen-bond donors (Lipinski definition) is 2. The molecule has 1 saturated heterocycles. The van der Waals surface area contributed by atoms with Gasteiger partial charge >= 0.3 is 0 Å². The summed E-state index contributed by atoms with van der Waals surface area (Å²) in [6.45, 7) is 16.0. The van der Waals surface area contributed by atoms with Crippen LogP contribution in [0.2, 0.25) is 0 Å². The molecule has 0 radical (unpaired) electrons. The minimum absolute atomic E-state index is 0.0438. The molecule has 4 heteroatoms. The highest BCUT2D eigenvalue weighted by molar-refractivity contribution is 5.52. The summed E-state index contributed by atoms with van der Waals surface area (Å²) in [5.74, 6) is 0.672. The summed E-state index contributed by atoms with van der Waals surface area (Å²) in [5, 5.41) is 20.9. The lowest BCUT2D eigenvalue weighted by atomic mass is 9.77. The Kier molecular flexibility index (Phi) is 5.98. The third-order valence-electron chi connectivity index (χ3n) is 5.68. The third kappa shape index (κ3) is 4.76. The summed E-state index contributed by atoms with van der Waals surface area (Å²) in [7, 11) is 0. The molecule has 1 unspecified atom stereocenters. The van der Waals surface area contributed by atoms with E-state index in [0.29, 0.717) is 19.0 Å². The van der Waals surface area contributed by atoms with E-state index in [2.05, 4.69) is 58.6 Å². The molecule has 0 bridgehead atoms. The maximum absolute atomic E-state index is 11.1. The molecule has 0 aromatic heterocycles. The molecule has 1 atom stereocenters. The van der Waals surface area contributed by atoms with E-state index >= 15 is 0 Å². The number of rotatable bonds is 3. The minimum atomic E-state index is -0.176. The van der Waals surface area contributed by atoms with Crippen LogP contribution in [0.5, 0.6) is 11.5 Å². The molecule has 1 fully saturated rings. The van der Waals surface area contributed by atoms with E-state index in [4.69, 9.17) is 4.74 Å². The smallest absolute Gasteiger partial charge is 0.123 e. The van der Waals surface area contributed by atoms with Crippen LogP contribution in [0, 0.1) is 0 Å². The van der Waals surface area contributed by atoms with Crippen molar-refractivity contribution in [1.29, 1.82) is 0 Å². The molecule has 4 nitrogen and oxygen atoms in total. The first kappa shape index (κ1) is 21.7. The SMILES string of the molecule is CC(C)(C)c1cc(C(c2ccc(O)cc2)N2CCOCC2)cc(C(C)(C)C)c1O. The van der Waals surface area contributed by atoms with Crippen molar-refractivity contribution in [1.82, 2.24) is 4.90 Å². The van der Waals surface area contributed by atoms with E-state index in [1.54, 1.807) is 12.1 Å². The predicted molar refractivity (Wildman–Crippen MR) is 118 cm³/mol. The molecule has 0 aliphatic carbocycles. The average Bonchev–Trinajstić information content (AvgIpc) is 2.63. The number of nitrogens with zero attached hydrogens (tertiary/aromatic N) is 1. The fourth-order valence-corrected chi connectivity index (χ4v) is 4.06. The average molecular weight is 398 g/mol. The van der Waals surface area contributed by atoms with Crippen LogP contribution in [0.15, 0.2) is 36.4 Å². The summed E-state index contributed by atoms with van der Waals surface area (Å²) in [5.41, 5.74) is 3.89. The summed E-state index contributed by atoms with van der Waals surface area (Å²) < 4.78 is 5.59. The number of benzene rings is 2. The molecule has 0 spiro atoms. The molecule has 2 N–H and O–H groups in total. The van der Waals surface area contributed by atoms with Gasteiger partial charge in [0.15, 0.2) is 0 Å². The highest BCUT2D eigenvalue weighted by Crippen LogP contribution is 2.43. The highest BCUT2D eigenvalue weighted by Gasteiger charge is 2.31. The van der Waals surface area contributed by atoms with Gasteiger partial charge in [0.25, 0.3) is 0 Å². The van der Waals surface area contributed by atoms with Crippen LogP contribution >= 0.6 is 0 Å². The van der Waals surface area contributed by atoms with Crippen molar-refractivity contribution in [3.8, 4) is 11.5 Å². The van der Waals surface area contributed by atoms with Gasteiger partial charge in [0.1, 0.15) is 11.5 Å². The highest BCUT2D eigenvalue weighted by atomic mass is 16.5. The van der Waals surface area contributed by atoms with E-state index in [1.807, 2.05) is 12.1 Å². The summed E-state index contributed by atoms with van der Waals surface area (Å²) in [6.07, 6.45) is 0. The molecule has 29 heavy (non-hydrogen) atoms. The molecule has 2 aromatic carbocycles. The maximum atomic E-state index is 11.1. The van der Waals surface area contributed by atoms with Crippen molar-refractivity contribution in [2.75, 3.05) is 26.3 Å². The quantitative estimate of drug-likeness (QED) is 0.755. The Morgan fingerprint density at radius 2 is 1.28 bits per heavy atom. The van der Waals surface area contributed by atoms with E-state index in [1.165, 1.54) is 5.56 Å². The first-order chi connectivity index (χ1) is 13.5. The lowest BCUT2D eigenvalue weighted by Crippen LogP contribution is -2.39. The number of phenols is 2. The molecule has 0 saturated carbocycles. The molecule has 3 rings (SSSR count). The lowest BCUT2D eigenvalue weighted by molar-refractivity contribution is 0.0239. The Balaban J connectivity index is 2.22. The normalized spacial score (nSPS) is 17.3. The second kappa shape index (κ2) is 8.00. The zero-order valence-corrected chi connectivity index (χ0v) is 18.6. The molecular weight excluding hydrogens is 362 g/mol. The molecule has 2 aromatic rings. The van der Waals surface area contributed by atoms with Gasteiger partial charge in [-0.05, 0) is 57.3 Å². The summed E-state index contributed by atoms with van der Waals surface area (Å²) in [6, 6.07) is 11.9. The fourth-order valence-electron chi connectivity index (χ4n) is 4.06. The third-order valence-corrected chi connectivity index (χ3v) is 5.68. The van der Waals surface area contributed by atoms with Gasteiger partial charge in [0.05, 0.1) is 19.3 Å². The van der Waals surface area contributed by atoms with Crippen molar-refractivity contribution in [3.05, 3.63) is 58.7 Å². The molecule has 1 aliphatic heterocycles. The minimum Gasteiger partial charge on any atom is -0.508 e. The van der Waals surface area contributed by atoms with Gasteiger partial charge < -0.3 is 14.9 Å². The van der Waals surface area contributed by atoms with Gasteiger partial charge in [0, 0.05) is 13.1 Å². The number of ether oxygens (including phenoxy) is 1. The first-order valence-electron chi connectivity index (χ1n) is 10.5. The van der Waals surface area contributed by atoms with Gasteiger partial charge in [-0.1, -0.05) is 53.7 Å². The standard InChI is InChI=1S/C25H35NO3/c1-24(2,3)20-15-18(16-21(23(20)28)25(4,5)6)22(26-11-13-29-14-12-26)17-7-9-19(27)10-8-17/h7-10,15-16,22,27-28H,11-14H2,1-6H3. The van der Waals surface area contributed by atoms with E-state index < -0.39 is 0 Å². The van der Waals surface area contributed by atoms with Crippen molar-refractivity contribution in [2.24, 2.45) is 0 Å². The second-order valence-corrected chi connectivity index (χ2v) is 10.1. The summed E-state index contributed by atoms with van der Waals surface area (Å²) >= 11 is 0. The number of morpholine rings is 1. The number of phenolic OH excluding ortho intramolecular Hbond substituents is 2. The fraction of sp³-hybridized carbons (Fsp3) is 0.520. The number of hydrogen-bond acceptors (Lipinski definition) is 4. The van der Waals surface area contributed by atoms with Gasteiger partial charge in [-0.3, -0.25) is 4.90 Å². The molecular formula is C25H35NO3. The maximum Gasteiger partial charge on any atom is 0.123 e. The van der Waals surface area contributed by atoms with Gasteiger partial charge in [-0.15, -0.1) is 0 Å². The molecule has 1 aliphatic rings. The molecule has 1 heterocycles. The van der Waals surface area contributed by atoms with E-state index in [9.17, 15) is 10.2 Å². The zero-order chi connectivity index (χ0) is 21.4. The van der Waals surface area contributed by atoms with Gasteiger partial charge in [-0.2, -0.15) is 0 Å². The van der Waals surface area contributed by atoms with Gasteiger partial charge in [-0.25, -0.2) is 0 Å². The monoisotopic (exact) mass is 397 g/mol. The topological polar surface area (TPSA) is 52.9 Å². The van der Waals surface area contributed by atoms with Crippen LogP contribution in [0.1, 0.15) is 69.8 Å². The Bertz CT molecular complexity index is 803.